The van der Waals surface area contributed by atoms with E-state index in [2.05, 4.69) is 62.8 Å². The van der Waals surface area contributed by atoms with Crippen LogP contribution in [0.1, 0.15) is 36.5 Å². The minimum Gasteiger partial charge on any atom is -0.489 e. The number of rotatable bonds is 9. The first kappa shape index (κ1) is 23.2. The van der Waals surface area contributed by atoms with E-state index in [-0.39, 0.29) is 18.4 Å². The molecule has 0 aliphatic heterocycles. The maximum Gasteiger partial charge on any atom is 0.277 e. The second-order valence-electron chi connectivity index (χ2n) is 6.66. The van der Waals surface area contributed by atoms with Crippen molar-refractivity contribution in [3.8, 4) is 11.5 Å². The average Bonchev–Trinajstić information content (AvgIpc) is 2.67. The van der Waals surface area contributed by atoms with Crippen LogP contribution in [0.3, 0.4) is 0 Å². The van der Waals surface area contributed by atoms with E-state index in [1.165, 1.54) is 6.21 Å². The summed E-state index contributed by atoms with van der Waals surface area (Å²) in [5, 5.41) is 4.01. The Morgan fingerprint density at radius 2 is 1.97 bits per heavy atom. The first-order valence-corrected chi connectivity index (χ1v) is 10.7. The van der Waals surface area contributed by atoms with Crippen LogP contribution in [-0.2, 0) is 4.79 Å². The number of hydrazone groups is 1. The van der Waals surface area contributed by atoms with Gasteiger partial charge in [0, 0.05) is 14.5 Å². The van der Waals surface area contributed by atoms with Crippen molar-refractivity contribution in [1.82, 2.24) is 5.43 Å². The molecule has 2 aromatic rings. The van der Waals surface area contributed by atoms with Gasteiger partial charge in [0.15, 0.2) is 6.61 Å². The number of nitrogens with one attached hydrogen (secondary N) is 1. The lowest BCUT2D eigenvalue weighted by Gasteiger charge is -2.15. The molecule has 154 valence electrons. The molecule has 2 aromatic carbocycles. The Balaban J connectivity index is 2.00. The molecule has 0 spiro atoms. The summed E-state index contributed by atoms with van der Waals surface area (Å²) in [7, 11) is 0. The number of hydrogen-bond donors (Lipinski definition) is 1. The van der Waals surface area contributed by atoms with Crippen LogP contribution in [0.2, 0.25) is 0 Å². The van der Waals surface area contributed by atoms with Gasteiger partial charge in [0.2, 0.25) is 0 Å². The highest BCUT2D eigenvalue weighted by atomic mass is 79.9. The summed E-state index contributed by atoms with van der Waals surface area (Å²) in [5.41, 5.74) is 5.30. The Morgan fingerprint density at radius 3 is 2.66 bits per heavy atom. The number of aryl methyl sites for hydroxylation is 1. The summed E-state index contributed by atoms with van der Waals surface area (Å²) in [6.07, 6.45) is 3.20. The largest absolute Gasteiger partial charge is 0.489 e. The minimum absolute atomic E-state index is 0.129. The SMILES string of the molecule is C=CCOc1ccc(Br)cc1/C=N/NC(=O)COc1cc(C)c(Br)cc1C(C)C. The summed E-state index contributed by atoms with van der Waals surface area (Å²) in [5.74, 6) is 1.27. The van der Waals surface area contributed by atoms with E-state index in [9.17, 15) is 4.79 Å². The van der Waals surface area contributed by atoms with Gasteiger partial charge in [0.05, 0.1) is 6.21 Å². The van der Waals surface area contributed by atoms with E-state index in [0.29, 0.717) is 18.1 Å². The predicted molar refractivity (Wildman–Crippen MR) is 124 cm³/mol. The van der Waals surface area contributed by atoms with Crippen LogP contribution in [0.15, 0.2) is 57.0 Å². The Morgan fingerprint density at radius 1 is 1.21 bits per heavy atom. The maximum absolute atomic E-state index is 12.2. The Kier molecular flexibility index (Phi) is 8.92. The van der Waals surface area contributed by atoms with Crippen molar-refractivity contribution in [2.24, 2.45) is 5.10 Å². The van der Waals surface area contributed by atoms with Gasteiger partial charge in [-0.3, -0.25) is 4.79 Å². The molecule has 0 heterocycles. The third-order valence-electron chi connectivity index (χ3n) is 3.99. The fourth-order valence-corrected chi connectivity index (χ4v) is 3.24. The molecule has 0 unspecified atom stereocenters. The summed E-state index contributed by atoms with van der Waals surface area (Å²) in [6.45, 7) is 10.0. The second kappa shape index (κ2) is 11.2. The molecule has 0 bridgehead atoms. The highest BCUT2D eigenvalue weighted by molar-refractivity contribution is 9.10. The molecule has 7 heteroatoms. The number of carbonyl (C=O) groups excluding carboxylic acids is 1. The van der Waals surface area contributed by atoms with Crippen molar-refractivity contribution in [3.63, 3.8) is 0 Å². The summed E-state index contributed by atoms with van der Waals surface area (Å²) in [6, 6.07) is 9.51. The lowest BCUT2D eigenvalue weighted by Crippen LogP contribution is -2.25. The fraction of sp³-hybridized carbons (Fsp3) is 0.273. The van der Waals surface area contributed by atoms with Gasteiger partial charge in [-0.15, -0.1) is 0 Å². The van der Waals surface area contributed by atoms with Crippen molar-refractivity contribution in [2.75, 3.05) is 13.2 Å². The molecule has 2 rings (SSSR count). The molecule has 1 amide bonds. The molecule has 1 N–H and O–H groups in total. The number of nitrogens with zero attached hydrogens (tertiary/aromatic N) is 1. The van der Waals surface area contributed by atoms with Crippen molar-refractivity contribution in [2.45, 2.75) is 26.7 Å². The van der Waals surface area contributed by atoms with Gasteiger partial charge in [0.1, 0.15) is 18.1 Å². The third kappa shape index (κ3) is 7.01. The van der Waals surface area contributed by atoms with Crippen LogP contribution < -0.4 is 14.9 Å². The quantitative estimate of drug-likeness (QED) is 0.259. The first-order valence-electron chi connectivity index (χ1n) is 9.09. The Bertz CT molecular complexity index is 911. The van der Waals surface area contributed by atoms with Gasteiger partial charge in [-0.2, -0.15) is 5.10 Å². The maximum atomic E-state index is 12.2. The topological polar surface area (TPSA) is 59.9 Å². The number of carbonyl (C=O) groups is 1. The summed E-state index contributed by atoms with van der Waals surface area (Å²) >= 11 is 6.96. The van der Waals surface area contributed by atoms with Gasteiger partial charge in [0.25, 0.3) is 5.91 Å². The van der Waals surface area contributed by atoms with E-state index >= 15 is 0 Å². The van der Waals surface area contributed by atoms with E-state index in [1.807, 2.05) is 37.3 Å². The molecule has 0 atom stereocenters. The van der Waals surface area contributed by atoms with Gasteiger partial charge < -0.3 is 9.47 Å². The second-order valence-corrected chi connectivity index (χ2v) is 8.43. The normalized spacial score (nSPS) is 11.0. The monoisotopic (exact) mass is 522 g/mol. The lowest BCUT2D eigenvalue weighted by molar-refractivity contribution is -0.123. The molecular weight excluding hydrogens is 500 g/mol. The van der Waals surface area contributed by atoms with Crippen molar-refractivity contribution >= 4 is 44.0 Å². The van der Waals surface area contributed by atoms with Gasteiger partial charge in [-0.25, -0.2) is 5.43 Å². The molecule has 0 saturated carbocycles. The Labute approximate surface area is 188 Å². The number of benzene rings is 2. The van der Waals surface area contributed by atoms with Crippen molar-refractivity contribution < 1.29 is 14.3 Å². The lowest BCUT2D eigenvalue weighted by atomic mass is 10.0. The molecule has 0 aliphatic rings. The highest BCUT2D eigenvalue weighted by Crippen LogP contribution is 2.32. The Hall–Kier alpha value is -2.12. The minimum atomic E-state index is -0.347. The van der Waals surface area contributed by atoms with Crippen LogP contribution in [0, 0.1) is 6.92 Å². The zero-order valence-electron chi connectivity index (χ0n) is 16.7. The third-order valence-corrected chi connectivity index (χ3v) is 5.34. The van der Waals surface area contributed by atoms with Crippen LogP contribution in [0.25, 0.3) is 0 Å². The number of halogens is 2. The molecule has 5 nitrogen and oxygen atoms in total. The molecular formula is C22H24Br2N2O3. The van der Waals surface area contributed by atoms with Crippen LogP contribution in [0.5, 0.6) is 11.5 Å². The molecule has 29 heavy (non-hydrogen) atoms. The van der Waals surface area contributed by atoms with E-state index in [4.69, 9.17) is 9.47 Å². The summed E-state index contributed by atoms with van der Waals surface area (Å²) < 4.78 is 13.2. The zero-order valence-corrected chi connectivity index (χ0v) is 19.8. The summed E-state index contributed by atoms with van der Waals surface area (Å²) in [4.78, 5) is 12.2. The smallest absolute Gasteiger partial charge is 0.277 e. The fourth-order valence-electron chi connectivity index (χ4n) is 2.50. The average molecular weight is 524 g/mol. The molecule has 0 saturated heterocycles. The molecule has 0 fully saturated rings. The first-order chi connectivity index (χ1) is 13.8. The standard InChI is InChI=1S/C22H24Br2N2O3/c1-5-8-28-20-7-6-17(23)10-16(20)12-25-26-22(27)13-29-21-9-15(4)19(24)11-18(21)14(2)3/h5-7,9-12,14H,1,8,13H2,2-4H3,(H,26,27)/b25-12+. The highest BCUT2D eigenvalue weighted by Gasteiger charge is 2.12. The van der Waals surface area contributed by atoms with Gasteiger partial charge >= 0.3 is 0 Å². The van der Waals surface area contributed by atoms with Crippen LogP contribution in [-0.4, -0.2) is 25.3 Å². The van der Waals surface area contributed by atoms with Gasteiger partial charge in [-0.05, 0) is 54.3 Å². The number of hydrogen-bond acceptors (Lipinski definition) is 4. The molecule has 0 aliphatic carbocycles. The van der Waals surface area contributed by atoms with Crippen LogP contribution >= 0.6 is 31.9 Å². The van der Waals surface area contributed by atoms with Crippen molar-refractivity contribution in [3.05, 3.63) is 68.6 Å². The van der Waals surface area contributed by atoms with E-state index in [1.54, 1.807) is 6.08 Å². The van der Waals surface area contributed by atoms with E-state index in [0.717, 1.165) is 25.6 Å². The molecule has 0 aromatic heterocycles. The molecule has 0 radical (unpaired) electrons. The van der Waals surface area contributed by atoms with Crippen LogP contribution in [0.4, 0.5) is 0 Å². The van der Waals surface area contributed by atoms with Gasteiger partial charge in [-0.1, -0.05) is 58.4 Å². The predicted octanol–water partition coefficient (Wildman–Crippen LogP) is 5.74. The number of amides is 1. The van der Waals surface area contributed by atoms with E-state index < -0.39 is 0 Å². The van der Waals surface area contributed by atoms with Crippen molar-refractivity contribution in [1.29, 1.82) is 0 Å². The number of ether oxygens (including phenoxy) is 2. The zero-order chi connectivity index (χ0) is 21.4.